The van der Waals surface area contributed by atoms with Gasteiger partial charge in [-0.25, -0.2) is 0 Å². The van der Waals surface area contributed by atoms with Gasteiger partial charge in [0.15, 0.2) is 29.1 Å². The van der Waals surface area contributed by atoms with Gasteiger partial charge in [0.1, 0.15) is 18.3 Å². The first-order valence-corrected chi connectivity index (χ1v) is 15.5. The molecule has 2 fully saturated rings. The number of benzene rings is 1. The van der Waals surface area contributed by atoms with E-state index in [1.807, 2.05) is 30.3 Å². The fraction of sp³-hybridized carbons (Fsp3) is 0.500. The maximum Gasteiger partial charge on any atom is 0.340 e. The van der Waals surface area contributed by atoms with E-state index < -0.39 is 52.2 Å². The third-order valence-corrected chi connectivity index (χ3v) is 9.99. The summed E-state index contributed by atoms with van der Waals surface area (Å²) in [5.74, 6) is -0.953. The molecule has 0 bridgehead atoms. The molecule has 3 aromatic rings. The first-order valence-electron chi connectivity index (χ1n) is 11.6. The maximum absolute atomic E-state index is 12.0. The van der Waals surface area contributed by atoms with E-state index in [2.05, 4.69) is 25.2 Å². The van der Waals surface area contributed by atoms with Crippen LogP contribution in [0.1, 0.15) is 30.7 Å². The van der Waals surface area contributed by atoms with Crippen molar-refractivity contribution in [2.24, 2.45) is 0 Å². The number of anilines is 1. The van der Waals surface area contributed by atoms with Crippen LogP contribution >= 0.6 is 26.8 Å². The van der Waals surface area contributed by atoms with E-state index in [0.717, 1.165) is 23.1 Å². The third kappa shape index (κ3) is 5.63. The Kier molecular flexibility index (Phi) is 7.61. The lowest BCUT2D eigenvalue weighted by Crippen LogP contribution is -2.33. The van der Waals surface area contributed by atoms with Crippen LogP contribution < -0.4 is 4.90 Å². The minimum absolute atomic E-state index is 0.0227. The molecule has 0 amide bonds. The number of hydrogen-bond donors (Lipinski definition) is 5. The van der Waals surface area contributed by atoms with Crippen LogP contribution in [0, 0.1) is 0 Å². The highest BCUT2D eigenvalue weighted by Crippen LogP contribution is 2.55. The van der Waals surface area contributed by atoms with E-state index in [0.29, 0.717) is 17.9 Å². The highest BCUT2D eigenvalue weighted by molar-refractivity contribution is 7.70. The molecule has 0 aliphatic carbocycles. The summed E-state index contributed by atoms with van der Waals surface area (Å²) in [6.07, 6.45) is -4.03. The summed E-state index contributed by atoms with van der Waals surface area (Å²) >= 11 is 6.26. The minimum Gasteiger partial charge on any atom is -0.387 e. The van der Waals surface area contributed by atoms with Crippen molar-refractivity contribution in [2.75, 3.05) is 24.0 Å². The van der Waals surface area contributed by atoms with Gasteiger partial charge in [-0.1, -0.05) is 35.5 Å². The molecule has 1 aromatic carbocycles. The molecule has 5 N–H and O–H groups in total. The molecular weight excluding hydrogens is 566 g/mol. The van der Waals surface area contributed by atoms with Crippen LogP contribution in [0.2, 0.25) is 5.28 Å². The van der Waals surface area contributed by atoms with Gasteiger partial charge >= 0.3 is 15.2 Å². The quantitative estimate of drug-likeness (QED) is 0.184. The lowest BCUT2D eigenvalue weighted by Gasteiger charge is -2.26. The molecule has 0 spiro atoms. The van der Waals surface area contributed by atoms with Crippen molar-refractivity contribution in [3.63, 3.8) is 0 Å². The standard InChI is InChI=1S/C20H25ClN6O9P2/c21-20-22-17(26-8-4-7-12(26)11-5-2-1-3-6-11)14-18(23-20)27(25-24-14)19-16(29)15(28)13(36-19)9-35-38(33,34)10-37(30,31)32/h1-3,5-6,12-13,15-16,19,28-29H,4,7-10H2,(H,33,34)(H2,30,31,32)/t12-,13-,15-,16-,19-/m1/s1. The Labute approximate surface area is 220 Å². The van der Waals surface area contributed by atoms with Crippen molar-refractivity contribution >= 4 is 43.8 Å². The van der Waals surface area contributed by atoms with Crippen molar-refractivity contribution in [1.82, 2.24) is 25.0 Å². The second kappa shape index (κ2) is 10.5. The number of halogens is 1. The van der Waals surface area contributed by atoms with E-state index in [-0.39, 0.29) is 17.0 Å². The third-order valence-electron chi connectivity index (χ3n) is 6.37. The van der Waals surface area contributed by atoms with Gasteiger partial charge in [-0.15, -0.1) is 5.10 Å². The molecule has 2 aliphatic rings. The SMILES string of the molecule is O=P(O)(O)CP(=O)(O)OC[C@H]1O[C@@H](n2nnc3c(N4CCC[C@@H]4c4ccccc4)nc(Cl)nc32)[C@H](O)[C@@H]1O. The zero-order valence-corrected chi connectivity index (χ0v) is 22.2. The van der Waals surface area contributed by atoms with E-state index in [9.17, 15) is 24.2 Å². The van der Waals surface area contributed by atoms with Crippen molar-refractivity contribution in [3.8, 4) is 0 Å². The van der Waals surface area contributed by atoms with Crippen molar-refractivity contribution in [3.05, 3.63) is 41.2 Å². The normalized spacial score (nSPS) is 27.7. The fourth-order valence-corrected chi connectivity index (χ4v) is 7.47. The number of aliphatic hydroxyl groups is 2. The van der Waals surface area contributed by atoms with E-state index in [4.69, 9.17) is 30.6 Å². The Morgan fingerprint density at radius 2 is 1.84 bits per heavy atom. The molecule has 2 saturated heterocycles. The average molecular weight is 591 g/mol. The molecular formula is C20H25ClN6O9P2. The van der Waals surface area contributed by atoms with Crippen molar-refractivity contribution in [2.45, 2.75) is 43.4 Å². The van der Waals surface area contributed by atoms with Gasteiger partial charge in [-0.05, 0) is 30.0 Å². The minimum atomic E-state index is -4.84. The lowest BCUT2D eigenvalue weighted by atomic mass is 10.0. The maximum atomic E-state index is 12.0. The van der Waals surface area contributed by atoms with E-state index in [1.54, 1.807) is 0 Å². The zero-order chi connectivity index (χ0) is 27.2. The van der Waals surface area contributed by atoms with Gasteiger partial charge in [0.25, 0.3) is 0 Å². The predicted octanol–water partition coefficient (Wildman–Crippen LogP) is 1.17. The molecule has 6 atom stereocenters. The topological polar surface area (TPSA) is 213 Å². The summed E-state index contributed by atoms with van der Waals surface area (Å²) in [6.45, 7) is -0.0476. The molecule has 0 saturated carbocycles. The Hall–Kier alpha value is -2.03. The largest absolute Gasteiger partial charge is 0.387 e. The highest BCUT2D eigenvalue weighted by atomic mass is 35.5. The molecule has 2 aromatic heterocycles. The summed E-state index contributed by atoms with van der Waals surface area (Å²) in [4.78, 5) is 38.3. The predicted molar refractivity (Wildman–Crippen MR) is 133 cm³/mol. The number of rotatable bonds is 8. The summed E-state index contributed by atoms with van der Waals surface area (Å²) in [6, 6.07) is 9.92. The Balaban J connectivity index is 1.41. The van der Waals surface area contributed by atoms with Crippen LogP contribution in [0.25, 0.3) is 11.2 Å². The van der Waals surface area contributed by atoms with Crippen LogP contribution in [-0.4, -0.2) is 87.2 Å². The number of ether oxygens (including phenoxy) is 1. The van der Waals surface area contributed by atoms with Gasteiger partial charge in [-0.2, -0.15) is 14.6 Å². The summed E-state index contributed by atoms with van der Waals surface area (Å²) in [5.41, 5.74) is 1.52. The second-order valence-corrected chi connectivity index (χ2v) is 13.4. The smallest absolute Gasteiger partial charge is 0.340 e. The van der Waals surface area contributed by atoms with Crippen LogP contribution in [0.4, 0.5) is 5.82 Å². The second-order valence-electron chi connectivity index (χ2n) is 9.07. The van der Waals surface area contributed by atoms with Crippen LogP contribution in [0.15, 0.2) is 30.3 Å². The zero-order valence-electron chi connectivity index (χ0n) is 19.6. The first-order chi connectivity index (χ1) is 17.9. The number of aromatic nitrogens is 5. The molecule has 206 valence electrons. The molecule has 15 nitrogen and oxygen atoms in total. The Morgan fingerprint density at radius 3 is 2.55 bits per heavy atom. The molecule has 4 heterocycles. The summed E-state index contributed by atoms with van der Waals surface area (Å²) in [7, 11) is -9.54. The number of hydrogen-bond acceptors (Lipinski definition) is 11. The number of aliphatic hydroxyl groups excluding tert-OH is 2. The van der Waals surface area contributed by atoms with Crippen LogP contribution in [0.5, 0.6) is 0 Å². The monoisotopic (exact) mass is 590 g/mol. The van der Waals surface area contributed by atoms with Gasteiger partial charge in [0, 0.05) is 6.54 Å². The van der Waals surface area contributed by atoms with E-state index >= 15 is 0 Å². The highest BCUT2D eigenvalue weighted by Gasteiger charge is 2.46. The number of fused-ring (bicyclic) bond motifs is 1. The summed E-state index contributed by atoms with van der Waals surface area (Å²) < 4.78 is 34.5. The van der Waals surface area contributed by atoms with Gasteiger partial charge in [0.2, 0.25) is 5.28 Å². The van der Waals surface area contributed by atoms with Crippen molar-refractivity contribution < 1.29 is 43.3 Å². The molecule has 1 unspecified atom stereocenters. The fourth-order valence-electron chi connectivity index (χ4n) is 4.74. The summed E-state index contributed by atoms with van der Waals surface area (Å²) in [5, 5.41) is 29.3. The van der Waals surface area contributed by atoms with Gasteiger partial charge in [-0.3, -0.25) is 9.13 Å². The average Bonchev–Trinajstić information content (AvgIpc) is 3.55. The molecule has 2 aliphatic heterocycles. The Morgan fingerprint density at radius 1 is 1.11 bits per heavy atom. The molecule has 38 heavy (non-hydrogen) atoms. The molecule has 0 radical (unpaired) electrons. The van der Waals surface area contributed by atoms with Crippen molar-refractivity contribution in [1.29, 1.82) is 0 Å². The van der Waals surface area contributed by atoms with Gasteiger partial charge in [0.05, 0.1) is 12.6 Å². The van der Waals surface area contributed by atoms with Crippen LogP contribution in [-0.2, 0) is 18.4 Å². The Bertz CT molecular complexity index is 1410. The first kappa shape index (κ1) is 27.5. The molecule has 5 rings (SSSR count). The van der Waals surface area contributed by atoms with E-state index in [1.165, 1.54) is 0 Å². The lowest BCUT2D eigenvalue weighted by molar-refractivity contribution is -0.0549. The number of nitrogens with zero attached hydrogens (tertiary/aromatic N) is 6. The van der Waals surface area contributed by atoms with Crippen LogP contribution in [0.3, 0.4) is 0 Å². The molecule has 18 heteroatoms. The van der Waals surface area contributed by atoms with Gasteiger partial charge < -0.3 is 39.1 Å².